The van der Waals surface area contributed by atoms with Crippen LogP contribution in [-0.2, 0) is 39.1 Å². The molecule has 7 nitrogen and oxygen atoms in total. The van der Waals surface area contributed by atoms with Gasteiger partial charge >= 0.3 is 5.97 Å². The second-order valence-corrected chi connectivity index (χ2v) is 10.0. The number of ether oxygens (including phenoxy) is 3. The molecule has 33 heavy (non-hydrogen) atoms. The van der Waals surface area contributed by atoms with Crippen LogP contribution in [0.25, 0.3) is 0 Å². The van der Waals surface area contributed by atoms with Crippen LogP contribution in [0.2, 0.25) is 5.02 Å². The van der Waals surface area contributed by atoms with Crippen molar-refractivity contribution in [2.45, 2.75) is 24.5 Å². The van der Waals surface area contributed by atoms with Gasteiger partial charge in [-0.1, -0.05) is 35.9 Å². The molecule has 0 amide bonds. The number of carbonyl (C=O) groups is 1. The summed E-state index contributed by atoms with van der Waals surface area (Å²) < 4.78 is 44.2. The number of nitrogens with zero attached hydrogens (tertiary/aromatic N) is 1. The summed E-state index contributed by atoms with van der Waals surface area (Å²) in [6.07, 6.45) is 0.647. The summed E-state index contributed by atoms with van der Waals surface area (Å²) in [5.41, 5.74) is 3.18. The lowest BCUT2D eigenvalue weighted by Gasteiger charge is -2.21. The maximum absolute atomic E-state index is 13.3. The molecule has 0 aromatic heterocycles. The zero-order chi connectivity index (χ0) is 23.0. The van der Waals surface area contributed by atoms with E-state index in [2.05, 4.69) is 0 Å². The molecule has 170 valence electrons. The average molecular weight is 486 g/mol. The Labute approximate surface area is 196 Å². The molecule has 0 atom stereocenters. The van der Waals surface area contributed by atoms with Gasteiger partial charge in [0.2, 0.25) is 0 Å². The second-order valence-electron chi connectivity index (χ2n) is 7.72. The number of fused-ring (bicyclic) bond motifs is 2. The van der Waals surface area contributed by atoms with Crippen LogP contribution >= 0.6 is 11.6 Å². The SMILES string of the molecule is O=C(OCc1cc(Cl)cc2c1OCOC2)c1cccc(S(=O)(=O)N2CCc3ccccc32)c1. The minimum Gasteiger partial charge on any atom is -0.467 e. The van der Waals surface area contributed by atoms with E-state index in [0.29, 0.717) is 41.6 Å². The summed E-state index contributed by atoms with van der Waals surface area (Å²) in [6, 6.07) is 16.7. The summed E-state index contributed by atoms with van der Waals surface area (Å²) >= 11 is 6.16. The second kappa shape index (κ2) is 8.70. The first kappa shape index (κ1) is 21.8. The van der Waals surface area contributed by atoms with Crippen LogP contribution in [0.5, 0.6) is 5.75 Å². The first-order chi connectivity index (χ1) is 15.9. The number of anilines is 1. The predicted octanol–water partition coefficient (Wildman–Crippen LogP) is 4.31. The quantitative estimate of drug-likeness (QED) is 0.501. The van der Waals surface area contributed by atoms with Crippen LogP contribution < -0.4 is 9.04 Å². The van der Waals surface area contributed by atoms with E-state index in [1.54, 1.807) is 18.2 Å². The van der Waals surface area contributed by atoms with E-state index >= 15 is 0 Å². The summed E-state index contributed by atoms with van der Waals surface area (Å²) in [6.45, 7) is 0.754. The predicted molar refractivity (Wildman–Crippen MR) is 122 cm³/mol. The average Bonchev–Trinajstić information content (AvgIpc) is 3.27. The van der Waals surface area contributed by atoms with Gasteiger partial charge in [-0.15, -0.1) is 0 Å². The van der Waals surface area contributed by atoms with E-state index in [-0.39, 0.29) is 23.9 Å². The Balaban J connectivity index is 1.36. The summed E-state index contributed by atoms with van der Waals surface area (Å²) in [7, 11) is -3.82. The number of benzene rings is 3. The fourth-order valence-corrected chi connectivity index (χ4v) is 5.87. The van der Waals surface area contributed by atoms with Gasteiger partial charge in [0, 0.05) is 22.7 Å². The maximum atomic E-state index is 13.3. The molecule has 0 spiro atoms. The van der Waals surface area contributed by atoms with Gasteiger partial charge in [0.1, 0.15) is 12.4 Å². The monoisotopic (exact) mass is 485 g/mol. The van der Waals surface area contributed by atoms with Crippen molar-refractivity contribution in [1.29, 1.82) is 0 Å². The van der Waals surface area contributed by atoms with E-state index in [4.69, 9.17) is 25.8 Å². The lowest BCUT2D eigenvalue weighted by Crippen LogP contribution is -2.29. The minimum atomic E-state index is -3.82. The molecule has 0 saturated heterocycles. The van der Waals surface area contributed by atoms with Crippen molar-refractivity contribution in [3.63, 3.8) is 0 Å². The van der Waals surface area contributed by atoms with Crippen molar-refractivity contribution in [2.75, 3.05) is 17.6 Å². The normalized spacial score (nSPS) is 14.9. The number of esters is 1. The van der Waals surface area contributed by atoms with E-state index in [9.17, 15) is 13.2 Å². The highest BCUT2D eigenvalue weighted by Crippen LogP contribution is 2.34. The molecule has 5 rings (SSSR count). The fourth-order valence-electron chi connectivity index (χ4n) is 4.06. The number of hydrogen-bond donors (Lipinski definition) is 0. The topological polar surface area (TPSA) is 82.1 Å². The molecule has 2 heterocycles. The maximum Gasteiger partial charge on any atom is 0.338 e. The highest BCUT2D eigenvalue weighted by Gasteiger charge is 2.31. The van der Waals surface area contributed by atoms with E-state index in [1.807, 2.05) is 18.2 Å². The van der Waals surface area contributed by atoms with Crippen LogP contribution in [0.3, 0.4) is 0 Å². The Morgan fingerprint density at radius 2 is 1.91 bits per heavy atom. The first-order valence-electron chi connectivity index (χ1n) is 10.3. The molecule has 3 aromatic rings. The van der Waals surface area contributed by atoms with Gasteiger partial charge in [-0.3, -0.25) is 4.31 Å². The van der Waals surface area contributed by atoms with Crippen molar-refractivity contribution < 1.29 is 27.4 Å². The van der Waals surface area contributed by atoms with Crippen LogP contribution in [0.15, 0.2) is 65.6 Å². The number of carbonyl (C=O) groups excluding carboxylic acids is 1. The molecular formula is C24H20ClNO6S. The van der Waals surface area contributed by atoms with E-state index < -0.39 is 16.0 Å². The summed E-state index contributed by atoms with van der Waals surface area (Å²) in [5, 5.41) is 0.480. The third kappa shape index (κ3) is 4.17. The van der Waals surface area contributed by atoms with Crippen molar-refractivity contribution in [2.24, 2.45) is 0 Å². The smallest absolute Gasteiger partial charge is 0.338 e. The fraction of sp³-hybridized carbons (Fsp3) is 0.208. The molecule has 0 saturated carbocycles. The highest BCUT2D eigenvalue weighted by molar-refractivity contribution is 7.92. The minimum absolute atomic E-state index is 0.0364. The molecule has 0 fully saturated rings. The lowest BCUT2D eigenvalue weighted by atomic mass is 10.1. The number of hydrogen-bond acceptors (Lipinski definition) is 6. The van der Waals surface area contributed by atoms with Crippen molar-refractivity contribution in [3.8, 4) is 5.75 Å². The number of rotatable bonds is 5. The van der Waals surface area contributed by atoms with Gasteiger partial charge in [0.25, 0.3) is 10.0 Å². The first-order valence-corrected chi connectivity index (χ1v) is 12.1. The molecule has 0 aliphatic carbocycles. The zero-order valence-electron chi connectivity index (χ0n) is 17.5. The van der Waals surface area contributed by atoms with E-state index in [1.165, 1.54) is 28.6 Å². The molecule has 2 aliphatic rings. The van der Waals surface area contributed by atoms with Gasteiger partial charge in [0.05, 0.1) is 22.8 Å². The van der Waals surface area contributed by atoms with Crippen molar-refractivity contribution >= 4 is 33.3 Å². The summed E-state index contributed by atoms with van der Waals surface area (Å²) in [4.78, 5) is 12.8. The zero-order valence-corrected chi connectivity index (χ0v) is 19.1. The Hall–Kier alpha value is -3.07. The van der Waals surface area contributed by atoms with Gasteiger partial charge in [0.15, 0.2) is 6.79 Å². The number of halogens is 1. The number of para-hydroxylation sites is 1. The molecule has 0 N–H and O–H groups in total. The largest absolute Gasteiger partial charge is 0.467 e. The van der Waals surface area contributed by atoms with Crippen LogP contribution in [-0.4, -0.2) is 27.7 Å². The van der Waals surface area contributed by atoms with Crippen molar-refractivity contribution in [3.05, 3.63) is 87.9 Å². The third-order valence-corrected chi connectivity index (χ3v) is 7.64. The Kier molecular flexibility index (Phi) is 5.74. The standard InChI is InChI=1S/C24H20ClNO6S/c25-20-10-18-13-30-15-32-23(18)19(11-20)14-31-24(27)17-5-3-6-21(12-17)33(28,29)26-9-8-16-4-1-2-7-22(16)26/h1-7,10-12H,8-9,13-15H2. The molecule has 3 aromatic carbocycles. The van der Waals surface area contributed by atoms with Crippen molar-refractivity contribution in [1.82, 2.24) is 0 Å². The highest BCUT2D eigenvalue weighted by atomic mass is 35.5. The van der Waals surface area contributed by atoms with Crippen LogP contribution in [0, 0.1) is 0 Å². The van der Waals surface area contributed by atoms with Crippen LogP contribution in [0.4, 0.5) is 5.69 Å². The van der Waals surface area contributed by atoms with Crippen LogP contribution in [0.1, 0.15) is 27.0 Å². The third-order valence-electron chi connectivity index (χ3n) is 5.61. The molecular weight excluding hydrogens is 466 g/mol. The van der Waals surface area contributed by atoms with Gasteiger partial charge in [-0.05, 0) is 48.4 Å². The Bertz CT molecular complexity index is 1340. The molecule has 0 radical (unpaired) electrons. The van der Waals surface area contributed by atoms with Gasteiger partial charge in [-0.25, -0.2) is 13.2 Å². The van der Waals surface area contributed by atoms with Gasteiger partial charge in [-0.2, -0.15) is 0 Å². The molecule has 0 unspecified atom stereocenters. The lowest BCUT2D eigenvalue weighted by molar-refractivity contribution is -0.0180. The molecule has 0 bridgehead atoms. The van der Waals surface area contributed by atoms with E-state index in [0.717, 1.165) is 11.1 Å². The summed E-state index contributed by atoms with van der Waals surface area (Å²) in [5.74, 6) is -0.0582. The Morgan fingerprint density at radius 1 is 1.06 bits per heavy atom. The molecule has 9 heteroatoms. The molecule has 2 aliphatic heterocycles. The number of sulfonamides is 1. The Morgan fingerprint density at radius 3 is 2.79 bits per heavy atom. The van der Waals surface area contributed by atoms with Gasteiger partial charge < -0.3 is 14.2 Å².